The highest BCUT2D eigenvalue weighted by atomic mass is 16.6. The molecule has 0 unspecified atom stereocenters. The summed E-state index contributed by atoms with van der Waals surface area (Å²) < 4.78 is 0. The smallest absolute Gasteiger partial charge is 0.278 e. The summed E-state index contributed by atoms with van der Waals surface area (Å²) in [4.78, 5) is 32.7. The van der Waals surface area contributed by atoms with Gasteiger partial charge >= 0.3 is 0 Å². The second-order valence-corrected chi connectivity index (χ2v) is 6.76. The third kappa shape index (κ3) is 5.89. The summed E-state index contributed by atoms with van der Waals surface area (Å²) in [6.07, 6.45) is 3.04. The van der Waals surface area contributed by atoms with Crippen LogP contribution in [0.4, 0.5) is 28.4 Å². The van der Waals surface area contributed by atoms with Gasteiger partial charge in [0.2, 0.25) is 5.91 Å². The Morgan fingerprint density at radius 2 is 1.56 bits per heavy atom. The fourth-order valence-electron chi connectivity index (χ4n) is 2.82. The quantitative estimate of drug-likeness (QED) is 0.206. The molecule has 0 spiro atoms. The lowest BCUT2D eigenvalue weighted by atomic mass is 10.1. The van der Waals surface area contributed by atoms with Crippen LogP contribution in [0.2, 0.25) is 0 Å². The standard InChI is InChI=1S/C22H19N5O5/c23-20-3-1-2-4-21(20)25-22(28)10-9-15-5-7-16(8-6-15)14-24-17-11-18(26(29)30)13-19(12-17)27(31)32/h1-13,24H,14,23H2,(H,25,28). The molecule has 4 N–H and O–H groups in total. The maximum Gasteiger partial charge on any atom is 0.278 e. The number of amides is 1. The number of nitro benzene ring substituents is 2. The second-order valence-electron chi connectivity index (χ2n) is 6.76. The van der Waals surface area contributed by atoms with Crippen LogP contribution in [-0.4, -0.2) is 15.8 Å². The topological polar surface area (TPSA) is 153 Å². The van der Waals surface area contributed by atoms with Crippen LogP contribution in [0, 0.1) is 20.2 Å². The van der Waals surface area contributed by atoms with Gasteiger partial charge < -0.3 is 16.4 Å². The molecule has 0 aliphatic rings. The molecule has 3 rings (SSSR count). The third-order valence-corrected chi connectivity index (χ3v) is 4.45. The minimum absolute atomic E-state index is 0.270. The normalized spacial score (nSPS) is 10.6. The van der Waals surface area contributed by atoms with E-state index < -0.39 is 9.85 Å². The number of nitrogens with one attached hydrogen (secondary N) is 2. The number of nitrogen functional groups attached to an aromatic ring is 1. The van der Waals surface area contributed by atoms with Gasteiger partial charge in [-0.2, -0.15) is 0 Å². The van der Waals surface area contributed by atoms with E-state index in [0.717, 1.165) is 17.2 Å². The Labute approximate surface area is 182 Å². The molecular formula is C22H19N5O5. The summed E-state index contributed by atoms with van der Waals surface area (Å²) in [5.74, 6) is -0.319. The van der Waals surface area contributed by atoms with Crippen molar-refractivity contribution >= 4 is 40.4 Å². The van der Waals surface area contributed by atoms with Crippen LogP contribution in [0.3, 0.4) is 0 Å². The second kappa shape index (κ2) is 9.85. The van der Waals surface area contributed by atoms with Crippen molar-refractivity contribution < 1.29 is 14.6 Å². The first-order valence-electron chi connectivity index (χ1n) is 9.42. The van der Waals surface area contributed by atoms with E-state index in [1.54, 1.807) is 42.5 Å². The number of para-hydroxylation sites is 2. The number of hydrogen-bond donors (Lipinski definition) is 3. The molecule has 10 heteroatoms. The van der Waals surface area contributed by atoms with Gasteiger partial charge in [-0.1, -0.05) is 36.4 Å². The zero-order chi connectivity index (χ0) is 23.1. The number of nitrogens with zero attached hydrogens (tertiary/aromatic N) is 2. The highest BCUT2D eigenvalue weighted by molar-refractivity contribution is 6.03. The van der Waals surface area contributed by atoms with Crippen molar-refractivity contribution in [2.24, 2.45) is 0 Å². The summed E-state index contributed by atoms with van der Waals surface area (Å²) in [6.45, 7) is 0.302. The molecule has 0 radical (unpaired) electrons. The average Bonchev–Trinajstić information content (AvgIpc) is 2.78. The molecule has 1 amide bonds. The summed E-state index contributed by atoms with van der Waals surface area (Å²) in [5.41, 5.74) is 7.98. The van der Waals surface area contributed by atoms with Gasteiger partial charge in [0.25, 0.3) is 11.4 Å². The Morgan fingerprint density at radius 1 is 0.938 bits per heavy atom. The number of nitrogens with two attached hydrogens (primary N) is 1. The molecule has 10 nitrogen and oxygen atoms in total. The van der Waals surface area contributed by atoms with Crippen LogP contribution in [-0.2, 0) is 11.3 Å². The highest BCUT2D eigenvalue weighted by Gasteiger charge is 2.16. The van der Waals surface area contributed by atoms with Gasteiger partial charge in [-0.15, -0.1) is 0 Å². The van der Waals surface area contributed by atoms with Crippen LogP contribution < -0.4 is 16.4 Å². The van der Waals surface area contributed by atoms with E-state index in [-0.39, 0.29) is 23.0 Å². The zero-order valence-electron chi connectivity index (χ0n) is 16.7. The van der Waals surface area contributed by atoms with E-state index in [2.05, 4.69) is 10.6 Å². The Hall–Kier alpha value is -4.73. The molecule has 3 aromatic rings. The summed E-state index contributed by atoms with van der Waals surface area (Å²) in [5, 5.41) is 27.6. The number of carbonyl (C=O) groups is 1. The number of nitro groups is 2. The van der Waals surface area contributed by atoms with E-state index in [9.17, 15) is 25.0 Å². The van der Waals surface area contributed by atoms with Crippen LogP contribution >= 0.6 is 0 Å². The lowest BCUT2D eigenvalue weighted by Crippen LogP contribution is -2.09. The number of anilines is 3. The fourth-order valence-corrected chi connectivity index (χ4v) is 2.82. The SMILES string of the molecule is Nc1ccccc1NC(=O)C=Cc1ccc(CNc2cc([N+](=O)[O-])cc([N+](=O)[O-])c2)cc1. The molecule has 0 saturated heterocycles. The fraction of sp³-hybridized carbons (Fsp3) is 0.0455. The van der Waals surface area contributed by atoms with Gasteiger partial charge in [0.15, 0.2) is 0 Å². The van der Waals surface area contributed by atoms with E-state index >= 15 is 0 Å². The molecule has 3 aromatic carbocycles. The molecule has 0 heterocycles. The van der Waals surface area contributed by atoms with Gasteiger partial charge in [0.05, 0.1) is 27.3 Å². The van der Waals surface area contributed by atoms with Crippen molar-refractivity contribution in [2.75, 3.05) is 16.4 Å². The number of carbonyl (C=O) groups excluding carboxylic acids is 1. The predicted octanol–water partition coefficient (Wildman–Crippen LogP) is 4.35. The van der Waals surface area contributed by atoms with Gasteiger partial charge in [0.1, 0.15) is 0 Å². The Kier molecular flexibility index (Phi) is 6.76. The van der Waals surface area contributed by atoms with Gasteiger partial charge in [0, 0.05) is 30.4 Å². The van der Waals surface area contributed by atoms with Crippen molar-refractivity contribution in [3.05, 3.63) is 104 Å². The third-order valence-electron chi connectivity index (χ3n) is 4.45. The average molecular weight is 433 g/mol. The van der Waals surface area contributed by atoms with Crippen molar-refractivity contribution in [1.29, 1.82) is 0 Å². The Balaban J connectivity index is 1.61. The molecule has 0 aliphatic carbocycles. The molecule has 0 atom stereocenters. The molecule has 0 fully saturated rings. The van der Waals surface area contributed by atoms with Crippen LogP contribution in [0.1, 0.15) is 11.1 Å². The van der Waals surface area contributed by atoms with E-state index in [4.69, 9.17) is 5.73 Å². The van der Waals surface area contributed by atoms with Crippen molar-refractivity contribution in [2.45, 2.75) is 6.54 Å². The lowest BCUT2D eigenvalue weighted by molar-refractivity contribution is -0.394. The molecule has 0 aromatic heterocycles. The first kappa shape index (κ1) is 22.0. The maximum absolute atomic E-state index is 12.1. The minimum Gasteiger partial charge on any atom is -0.397 e. The van der Waals surface area contributed by atoms with E-state index in [1.807, 2.05) is 12.1 Å². The van der Waals surface area contributed by atoms with Crippen LogP contribution in [0.15, 0.2) is 72.8 Å². The molecule has 0 aliphatic heterocycles. The molecule has 0 saturated carbocycles. The zero-order valence-corrected chi connectivity index (χ0v) is 16.7. The highest BCUT2D eigenvalue weighted by Crippen LogP contribution is 2.26. The lowest BCUT2D eigenvalue weighted by Gasteiger charge is -2.07. The Bertz CT molecular complexity index is 1160. The van der Waals surface area contributed by atoms with Gasteiger partial charge in [-0.05, 0) is 29.3 Å². The first-order chi connectivity index (χ1) is 15.3. The summed E-state index contributed by atoms with van der Waals surface area (Å²) in [7, 11) is 0. The van der Waals surface area contributed by atoms with Crippen molar-refractivity contribution in [1.82, 2.24) is 0 Å². The molecular weight excluding hydrogens is 414 g/mol. The summed E-state index contributed by atoms with van der Waals surface area (Å²) >= 11 is 0. The maximum atomic E-state index is 12.1. The van der Waals surface area contributed by atoms with Crippen molar-refractivity contribution in [3.8, 4) is 0 Å². The molecule has 0 bridgehead atoms. The molecule has 162 valence electrons. The number of benzene rings is 3. The summed E-state index contributed by atoms with van der Waals surface area (Å²) in [6, 6.07) is 17.6. The predicted molar refractivity (Wildman–Crippen MR) is 122 cm³/mol. The largest absolute Gasteiger partial charge is 0.397 e. The van der Waals surface area contributed by atoms with Gasteiger partial charge in [-0.3, -0.25) is 25.0 Å². The first-order valence-corrected chi connectivity index (χ1v) is 9.42. The van der Waals surface area contributed by atoms with Gasteiger partial charge in [-0.25, -0.2) is 0 Å². The minimum atomic E-state index is -0.679. The molecule has 32 heavy (non-hydrogen) atoms. The number of hydrogen-bond acceptors (Lipinski definition) is 7. The Morgan fingerprint density at radius 3 is 2.16 bits per heavy atom. The van der Waals surface area contributed by atoms with E-state index in [1.165, 1.54) is 18.2 Å². The van der Waals surface area contributed by atoms with Crippen molar-refractivity contribution in [3.63, 3.8) is 0 Å². The van der Waals surface area contributed by atoms with E-state index in [0.29, 0.717) is 17.9 Å². The monoisotopic (exact) mass is 433 g/mol. The van der Waals surface area contributed by atoms with Crippen LogP contribution in [0.25, 0.3) is 6.08 Å². The number of non-ortho nitro benzene ring substituents is 2. The number of rotatable bonds is 8. The van der Waals surface area contributed by atoms with Crippen LogP contribution in [0.5, 0.6) is 0 Å².